The average molecular weight is 322 g/mol. The van der Waals surface area contributed by atoms with Crippen LogP contribution in [0, 0.1) is 0 Å². The summed E-state index contributed by atoms with van der Waals surface area (Å²) in [5.41, 5.74) is 5.28. The molecule has 8 heteroatoms. The highest BCUT2D eigenvalue weighted by molar-refractivity contribution is 5.98. The molecule has 23 heavy (non-hydrogen) atoms. The van der Waals surface area contributed by atoms with E-state index in [1.807, 2.05) is 0 Å². The minimum absolute atomic E-state index is 0.0920. The lowest BCUT2D eigenvalue weighted by atomic mass is 10.1. The Bertz CT molecular complexity index is 602. The summed E-state index contributed by atoms with van der Waals surface area (Å²) in [4.78, 5) is 33.9. The molecule has 0 fully saturated rings. The number of amides is 2. The van der Waals surface area contributed by atoms with Gasteiger partial charge in [0.15, 0.2) is 23.9 Å². The Morgan fingerprint density at radius 1 is 1.17 bits per heavy atom. The Kier molecular flexibility index (Phi) is 5.79. The fraction of sp³-hybridized carbons (Fsp3) is 0.400. The van der Waals surface area contributed by atoms with Gasteiger partial charge in [-0.05, 0) is 24.6 Å². The number of carbonyl (C=O) groups excluding carboxylic acids is 3. The van der Waals surface area contributed by atoms with Gasteiger partial charge in [0.1, 0.15) is 13.2 Å². The fourth-order valence-electron chi connectivity index (χ4n) is 1.96. The number of esters is 1. The number of ketones is 1. The van der Waals surface area contributed by atoms with Crippen molar-refractivity contribution in [3.63, 3.8) is 0 Å². The largest absolute Gasteiger partial charge is 0.486 e. The van der Waals surface area contributed by atoms with Crippen molar-refractivity contribution in [3.05, 3.63) is 23.8 Å². The van der Waals surface area contributed by atoms with Crippen LogP contribution in [0.2, 0.25) is 0 Å². The van der Waals surface area contributed by atoms with Crippen LogP contribution >= 0.6 is 0 Å². The molecular weight excluding hydrogens is 304 g/mol. The van der Waals surface area contributed by atoms with Crippen LogP contribution in [0.15, 0.2) is 18.2 Å². The maximum atomic E-state index is 12.0. The molecule has 0 aliphatic carbocycles. The van der Waals surface area contributed by atoms with Gasteiger partial charge in [-0.25, -0.2) is 4.79 Å². The third kappa shape index (κ3) is 5.17. The molecule has 0 spiro atoms. The number of nitrogens with two attached hydrogens (primary N) is 1. The first-order chi connectivity index (χ1) is 11.1. The maximum absolute atomic E-state index is 12.0. The van der Waals surface area contributed by atoms with Crippen molar-refractivity contribution in [1.29, 1.82) is 0 Å². The van der Waals surface area contributed by atoms with Gasteiger partial charge in [-0.3, -0.25) is 9.59 Å². The zero-order valence-corrected chi connectivity index (χ0v) is 12.5. The number of fused-ring (bicyclic) bond motifs is 1. The normalized spacial score (nSPS) is 12.3. The molecule has 124 valence electrons. The molecule has 1 aliphatic heterocycles. The summed E-state index contributed by atoms with van der Waals surface area (Å²) in [7, 11) is 0. The molecule has 8 nitrogen and oxygen atoms in total. The van der Waals surface area contributed by atoms with Crippen molar-refractivity contribution in [1.82, 2.24) is 5.32 Å². The predicted molar refractivity (Wildman–Crippen MR) is 79.5 cm³/mol. The molecule has 3 N–H and O–H groups in total. The Morgan fingerprint density at radius 2 is 1.91 bits per heavy atom. The zero-order valence-electron chi connectivity index (χ0n) is 12.5. The monoisotopic (exact) mass is 322 g/mol. The second-order valence-electron chi connectivity index (χ2n) is 4.84. The van der Waals surface area contributed by atoms with Crippen LogP contribution in [0.5, 0.6) is 11.5 Å². The molecule has 0 bridgehead atoms. The Morgan fingerprint density at radius 3 is 2.65 bits per heavy atom. The molecule has 2 rings (SSSR count). The van der Waals surface area contributed by atoms with E-state index in [9.17, 15) is 14.4 Å². The minimum atomic E-state index is -0.646. The molecule has 1 heterocycles. The Hall–Kier alpha value is -2.77. The molecule has 1 aromatic carbocycles. The van der Waals surface area contributed by atoms with E-state index in [1.165, 1.54) is 0 Å². The van der Waals surface area contributed by atoms with Crippen molar-refractivity contribution in [3.8, 4) is 11.5 Å². The molecule has 0 aromatic heterocycles. The summed E-state index contributed by atoms with van der Waals surface area (Å²) in [6.45, 7) is 0.837. The van der Waals surface area contributed by atoms with Gasteiger partial charge in [-0.1, -0.05) is 0 Å². The first kappa shape index (κ1) is 16.6. The average Bonchev–Trinajstić information content (AvgIpc) is 2.56. The molecule has 0 saturated heterocycles. The van der Waals surface area contributed by atoms with E-state index >= 15 is 0 Å². The number of nitrogens with one attached hydrogen (secondary N) is 1. The van der Waals surface area contributed by atoms with Crippen molar-refractivity contribution >= 4 is 17.8 Å². The van der Waals surface area contributed by atoms with Crippen molar-refractivity contribution in [2.75, 3.05) is 26.4 Å². The third-order valence-corrected chi connectivity index (χ3v) is 3.09. The number of carbonyl (C=O) groups is 3. The smallest absolute Gasteiger partial charge is 0.312 e. The molecule has 2 amide bonds. The first-order valence-electron chi connectivity index (χ1n) is 7.18. The number of hydrogen-bond acceptors (Lipinski definition) is 6. The Balaban J connectivity index is 1.76. The van der Waals surface area contributed by atoms with Gasteiger partial charge < -0.3 is 25.3 Å². The van der Waals surface area contributed by atoms with Crippen molar-refractivity contribution in [2.24, 2.45) is 5.73 Å². The molecule has 0 unspecified atom stereocenters. The number of ether oxygens (including phenoxy) is 3. The molecule has 0 atom stereocenters. The summed E-state index contributed by atoms with van der Waals surface area (Å²) in [5, 5.41) is 2.36. The van der Waals surface area contributed by atoms with E-state index in [4.69, 9.17) is 19.9 Å². The van der Waals surface area contributed by atoms with Crippen molar-refractivity contribution in [2.45, 2.75) is 12.8 Å². The number of rotatable bonds is 7. The second-order valence-corrected chi connectivity index (χ2v) is 4.84. The summed E-state index contributed by atoms with van der Waals surface area (Å²) < 4.78 is 15.7. The summed E-state index contributed by atoms with van der Waals surface area (Å²) in [6.07, 6.45) is 0.481. The highest BCUT2D eigenvalue weighted by atomic mass is 16.6. The van der Waals surface area contributed by atoms with Gasteiger partial charge >= 0.3 is 12.0 Å². The van der Waals surface area contributed by atoms with E-state index in [1.54, 1.807) is 18.2 Å². The predicted octanol–water partition coefficient (Wildman–Crippen LogP) is 0.632. The van der Waals surface area contributed by atoms with Gasteiger partial charge in [-0.2, -0.15) is 0 Å². The van der Waals surface area contributed by atoms with Crippen LogP contribution in [0.25, 0.3) is 0 Å². The van der Waals surface area contributed by atoms with Crippen molar-refractivity contribution < 1.29 is 28.6 Å². The van der Waals surface area contributed by atoms with Gasteiger partial charge in [0.2, 0.25) is 0 Å². The van der Waals surface area contributed by atoms with Gasteiger partial charge in [0, 0.05) is 18.5 Å². The lowest BCUT2D eigenvalue weighted by Crippen LogP contribution is -2.30. The Labute approximate surface area is 132 Å². The van der Waals surface area contributed by atoms with Gasteiger partial charge in [-0.15, -0.1) is 0 Å². The summed E-state index contributed by atoms with van der Waals surface area (Å²) in [6, 6.07) is 4.17. The van der Waals surface area contributed by atoms with Crippen LogP contribution < -0.4 is 20.5 Å². The van der Waals surface area contributed by atoms with Crippen LogP contribution in [0.3, 0.4) is 0 Å². The highest BCUT2D eigenvalue weighted by Crippen LogP contribution is 2.30. The lowest BCUT2D eigenvalue weighted by Gasteiger charge is -2.18. The van der Waals surface area contributed by atoms with Gasteiger partial charge in [0.05, 0.1) is 0 Å². The topological polar surface area (TPSA) is 117 Å². The molecule has 1 aromatic rings. The minimum Gasteiger partial charge on any atom is -0.486 e. The van der Waals surface area contributed by atoms with E-state index in [0.717, 1.165) is 0 Å². The third-order valence-electron chi connectivity index (χ3n) is 3.09. The molecule has 0 radical (unpaired) electrons. The number of hydrogen-bond donors (Lipinski definition) is 2. The van der Waals surface area contributed by atoms with E-state index < -0.39 is 12.0 Å². The number of primary amides is 1. The van der Waals surface area contributed by atoms with Crippen LogP contribution in [-0.4, -0.2) is 44.1 Å². The molecule has 1 aliphatic rings. The van der Waals surface area contributed by atoms with E-state index in [-0.39, 0.29) is 25.4 Å². The lowest BCUT2D eigenvalue weighted by molar-refractivity contribution is -0.142. The SMILES string of the molecule is NC(=O)NCCCC(=O)OCC(=O)c1ccc2c(c1)OCCO2. The summed E-state index contributed by atoms with van der Waals surface area (Å²) in [5.74, 6) is 0.255. The van der Waals surface area contributed by atoms with Crippen LogP contribution in [0.1, 0.15) is 23.2 Å². The van der Waals surface area contributed by atoms with Crippen LogP contribution in [-0.2, 0) is 9.53 Å². The molecule has 0 saturated carbocycles. The summed E-state index contributed by atoms with van der Waals surface area (Å²) >= 11 is 0. The fourth-order valence-corrected chi connectivity index (χ4v) is 1.96. The first-order valence-corrected chi connectivity index (χ1v) is 7.18. The van der Waals surface area contributed by atoms with Crippen LogP contribution in [0.4, 0.5) is 4.79 Å². The zero-order chi connectivity index (χ0) is 16.7. The number of urea groups is 1. The number of benzene rings is 1. The second kappa shape index (κ2) is 8.02. The quantitative estimate of drug-likeness (QED) is 0.432. The van der Waals surface area contributed by atoms with E-state index in [0.29, 0.717) is 36.7 Å². The highest BCUT2D eigenvalue weighted by Gasteiger charge is 2.16. The molecular formula is C15H18N2O6. The standard InChI is InChI=1S/C15H18N2O6/c16-15(20)17-5-1-2-14(19)23-9-11(18)10-3-4-12-13(8-10)22-7-6-21-12/h3-4,8H,1-2,5-7,9H2,(H3,16,17,20). The van der Waals surface area contributed by atoms with Gasteiger partial charge in [0.25, 0.3) is 0 Å². The number of Topliss-reactive ketones (excluding diaryl/α,β-unsaturated/α-hetero) is 1. The maximum Gasteiger partial charge on any atom is 0.312 e. The van der Waals surface area contributed by atoms with E-state index in [2.05, 4.69) is 5.32 Å².